The zero-order valence-corrected chi connectivity index (χ0v) is 10.2. The lowest BCUT2D eigenvalue weighted by Crippen LogP contribution is -2.31. The molecule has 1 nitrogen and oxygen atoms in total. The van der Waals surface area contributed by atoms with Crippen LogP contribution in [0.2, 0.25) is 0 Å². The van der Waals surface area contributed by atoms with Crippen LogP contribution < -0.4 is 5.32 Å². The highest BCUT2D eigenvalue weighted by Gasteiger charge is 2.31. The van der Waals surface area contributed by atoms with Crippen molar-refractivity contribution < 1.29 is 0 Å². The van der Waals surface area contributed by atoms with Crippen molar-refractivity contribution in [1.29, 1.82) is 0 Å². The molecule has 2 rings (SSSR count). The SMILES string of the molecule is CC1=CC(C)CC(C2NCC(C)S2)C1. The molecule has 0 bridgehead atoms. The van der Waals surface area contributed by atoms with Crippen molar-refractivity contribution in [2.45, 2.75) is 44.2 Å². The number of nitrogens with one attached hydrogen (secondary N) is 1. The van der Waals surface area contributed by atoms with Gasteiger partial charge in [-0.1, -0.05) is 25.5 Å². The molecule has 2 aliphatic rings. The second-order valence-electron chi connectivity index (χ2n) is 4.97. The van der Waals surface area contributed by atoms with E-state index >= 15 is 0 Å². The van der Waals surface area contributed by atoms with Gasteiger partial charge in [0.25, 0.3) is 0 Å². The van der Waals surface area contributed by atoms with Crippen molar-refractivity contribution in [2.24, 2.45) is 11.8 Å². The second-order valence-corrected chi connectivity index (χ2v) is 6.55. The summed E-state index contributed by atoms with van der Waals surface area (Å²) in [5.41, 5.74) is 1.59. The highest BCUT2D eigenvalue weighted by molar-refractivity contribution is 8.00. The number of thioether (sulfide) groups is 1. The van der Waals surface area contributed by atoms with Gasteiger partial charge in [0, 0.05) is 11.8 Å². The summed E-state index contributed by atoms with van der Waals surface area (Å²) in [7, 11) is 0. The van der Waals surface area contributed by atoms with Gasteiger partial charge in [0.05, 0.1) is 5.37 Å². The van der Waals surface area contributed by atoms with Crippen LogP contribution in [0.4, 0.5) is 0 Å². The first-order valence-electron chi connectivity index (χ1n) is 5.71. The number of allylic oxidation sites excluding steroid dienone is 2. The second kappa shape index (κ2) is 4.28. The van der Waals surface area contributed by atoms with Crippen LogP contribution in [0.15, 0.2) is 11.6 Å². The summed E-state index contributed by atoms with van der Waals surface area (Å²) < 4.78 is 0. The number of hydrogen-bond acceptors (Lipinski definition) is 2. The molecular formula is C12H21NS. The Morgan fingerprint density at radius 2 is 2.21 bits per heavy atom. The minimum atomic E-state index is 0.719. The van der Waals surface area contributed by atoms with Crippen molar-refractivity contribution in [2.75, 3.05) is 6.54 Å². The van der Waals surface area contributed by atoms with Crippen LogP contribution in [-0.4, -0.2) is 17.2 Å². The molecule has 80 valence electrons. The smallest absolute Gasteiger partial charge is 0.0567 e. The van der Waals surface area contributed by atoms with Gasteiger partial charge in [-0.2, -0.15) is 0 Å². The lowest BCUT2D eigenvalue weighted by molar-refractivity contribution is 0.370. The Kier molecular flexibility index (Phi) is 3.23. The van der Waals surface area contributed by atoms with Gasteiger partial charge in [0.1, 0.15) is 0 Å². The van der Waals surface area contributed by atoms with Gasteiger partial charge in [-0.25, -0.2) is 0 Å². The molecule has 1 saturated heterocycles. The fraction of sp³-hybridized carbons (Fsp3) is 0.833. The highest BCUT2D eigenvalue weighted by atomic mass is 32.2. The molecular weight excluding hydrogens is 190 g/mol. The average molecular weight is 211 g/mol. The standard InChI is InChI=1S/C12H21NS/c1-8-4-9(2)6-11(5-8)12-13-7-10(3)14-12/h4,8,10-13H,5-7H2,1-3H3. The van der Waals surface area contributed by atoms with Crippen molar-refractivity contribution in [3.63, 3.8) is 0 Å². The minimum absolute atomic E-state index is 0.719. The van der Waals surface area contributed by atoms with Gasteiger partial charge in [-0.05, 0) is 31.6 Å². The summed E-state index contributed by atoms with van der Waals surface area (Å²) in [5.74, 6) is 1.65. The summed E-state index contributed by atoms with van der Waals surface area (Å²) >= 11 is 2.14. The van der Waals surface area contributed by atoms with Gasteiger partial charge >= 0.3 is 0 Å². The molecule has 14 heavy (non-hydrogen) atoms. The summed E-state index contributed by atoms with van der Waals surface area (Å²) in [6, 6.07) is 0. The summed E-state index contributed by atoms with van der Waals surface area (Å²) in [6.45, 7) is 8.15. The molecule has 4 atom stereocenters. The molecule has 0 aromatic carbocycles. The zero-order chi connectivity index (χ0) is 10.1. The summed E-state index contributed by atoms with van der Waals surface area (Å²) in [5, 5.41) is 5.18. The maximum Gasteiger partial charge on any atom is 0.0567 e. The molecule has 1 aliphatic heterocycles. The fourth-order valence-corrected chi connectivity index (χ4v) is 4.05. The van der Waals surface area contributed by atoms with Crippen LogP contribution in [0.1, 0.15) is 33.6 Å². The molecule has 0 spiro atoms. The topological polar surface area (TPSA) is 12.0 Å². The van der Waals surface area contributed by atoms with Crippen LogP contribution in [0, 0.1) is 11.8 Å². The quantitative estimate of drug-likeness (QED) is 0.669. The van der Waals surface area contributed by atoms with Crippen LogP contribution in [-0.2, 0) is 0 Å². The fourth-order valence-electron chi connectivity index (χ4n) is 2.73. The van der Waals surface area contributed by atoms with Crippen molar-refractivity contribution in [1.82, 2.24) is 5.32 Å². The van der Waals surface area contributed by atoms with E-state index in [1.807, 2.05) is 0 Å². The first-order chi connectivity index (χ1) is 6.65. The van der Waals surface area contributed by atoms with E-state index < -0.39 is 0 Å². The minimum Gasteiger partial charge on any atom is -0.304 e. The molecule has 1 heterocycles. The lowest BCUT2D eigenvalue weighted by Gasteiger charge is -2.29. The number of rotatable bonds is 1. The normalized spacial score (nSPS) is 43.8. The van der Waals surface area contributed by atoms with E-state index in [1.165, 1.54) is 19.4 Å². The Morgan fingerprint density at radius 1 is 1.43 bits per heavy atom. The molecule has 0 aromatic rings. The van der Waals surface area contributed by atoms with E-state index in [2.05, 4.69) is 43.9 Å². The number of hydrogen-bond donors (Lipinski definition) is 1. The third-order valence-electron chi connectivity index (χ3n) is 3.24. The van der Waals surface area contributed by atoms with Crippen molar-refractivity contribution >= 4 is 11.8 Å². The Labute approximate surface area is 91.7 Å². The van der Waals surface area contributed by atoms with E-state index in [-0.39, 0.29) is 0 Å². The molecule has 1 aliphatic carbocycles. The zero-order valence-electron chi connectivity index (χ0n) is 9.42. The Bertz CT molecular complexity index is 236. The Morgan fingerprint density at radius 3 is 2.79 bits per heavy atom. The maximum absolute atomic E-state index is 3.65. The van der Waals surface area contributed by atoms with Crippen molar-refractivity contribution in [3.8, 4) is 0 Å². The lowest BCUT2D eigenvalue weighted by atomic mass is 9.83. The van der Waals surface area contributed by atoms with Gasteiger partial charge in [-0.3, -0.25) is 0 Å². The maximum atomic E-state index is 3.65. The monoisotopic (exact) mass is 211 g/mol. The van der Waals surface area contributed by atoms with Crippen LogP contribution in [0.3, 0.4) is 0 Å². The Balaban J connectivity index is 1.96. The summed E-state index contributed by atoms with van der Waals surface area (Å²) in [4.78, 5) is 0. The van der Waals surface area contributed by atoms with Gasteiger partial charge in [0.2, 0.25) is 0 Å². The van der Waals surface area contributed by atoms with Crippen LogP contribution >= 0.6 is 11.8 Å². The molecule has 2 heteroatoms. The van der Waals surface area contributed by atoms with Gasteiger partial charge in [0.15, 0.2) is 0 Å². The molecule has 1 N–H and O–H groups in total. The van der Waals surface area contributed by atoms with E-state index in [9.17, 15) is 0 Å². The average Bonchev–Trinajstić information content (AvgIpc) is 2.50. The highest BCUT2D eigenvalue weighted by Crippen LogP contribution is 2.37. The predicted octanol–water partition coefficient (Wildman–Crippen LogP) is 3.03. The van der Waals surface area contributed by atoms with Gasteiger partial charge in [-0.15, -0.1) is 11.8 Å². The third-order valence-corrected chi connectivity index (χ3v) is 4.72. The van der Waals surface area contributed by atoms with E-state index in [1.54, 1.807) is 5.57 Å². The van der Waals surface area contributed by atoms with E-state index in [0.717, 1.165) is 22.5 Å². The molecule has 4 unspecified atom stereocenters. The van der Waals surface area contributed by atoms with Crippen LogP contribution in [0.25, 0.3) is 0 Å². The first kappa shape index (κ1) is 10.6. The van der Waals surface area contributed by atoms with E-state index in [4.69, 9.17) is 0 Å². The first-order valence-corrected chi connectivity index (χ1v) is 6.65. The molecule has 0 radical (unpaired) electrons. The third kappa shape index (κ3) is 2.34. The molecule has 1 fully saturated rings. The predicted molar refractivity (Wildman–Crippen MR) is 64.5 cm³/mol. The molecule has 0 amide bonds. The van der Waals surface area contributed by atoms with Gasteiger partial charge < -0.3 is 5.32 Å². The largest absolute Gasteiger partial charge is 0.304 e. The van der Waals surface area contributed by atoms with Crippen molar-refractivity contribution in [3.05, 3.63) is 11.6 Å². The molecule has 0 saturated carbocycles. The summed E-state index contributed by atoms with van der Waals surface area (Å²) in [6.07, 6.45) is 5.12. The van der Waals surface area contributed by atoms with Crippen LogP contribution in [0.5, 0.6) is 0 Å². The molecule has 0 aromatic heterocycles. The Hall–Kier alpha value is 0.0500. The van der Waals surface area contributed by atoms with E-state index in [0.29, 0.717) is 0 Å².